The van der Waals surface area contributed by atoms with Crippen molar-refractivity contribution in [2.45, 2.75) is 33.9 Å². The maximum atomic E-state index is 13.5. The van der Waals surface area contributed by atoms with Crippen LogP contribution in [0.25, 0.3) is 0 Å². The van der Waals surface area contributed by atoms with E-state index in [4.69, 9.17) is 16.0 Å². The van der Waals surface area contributed by atoms with Gasteiger partial charge in [0.05, 0.1) is 11.6 Å². The fourth-order valence-corrected chi connectivity index (χ4v) is 3.67. The molecule has 8 heteroatoms. The lowest BCUT2D eigenvalue weighted by Gasteiger charge is -2.28. The summed E-state index contributed by atoms with van der Waals surface area (Å²) in [6.07, 6.45) is 0. The molecule has 1 heterocycles. The van der Waals surface area contributed by atoms with Crippen LogP contribution in [0.5, 0.6) is 0 Å². The Morgan fingerprint density at radius 3 is 2.38 bits per heavy atom. The molecule has 180 valence electrons. The number of hydrogen-bond acceptors (Lipinski definition) is 3. The maximum absolute atomic E-state index is 13.5. The van der Waals surface area contributed by atoms with Crippen LogP contribution in [0.1, 0.15) is 30.9 Å². The molecule has 0 fully saturated rings. The van der Waals surface area contributed by atoms with Crippen molar-refractivity contribution in [1.82, 2.24) is 9.80 Å². The number of nitrogens with one attached hydrogen (secondary N) is 1. The van der Waals surface area contributed by atoms with Gasteiger partial charge in [0.1, 0.15) is 23.9 Å². The largest absolute Gasteiger partial charge is 0.464 e. The summed E-state index contributed by atoms with van der Waals surface area (Å²) >= 11 is 5.83. The number of aryl methyl sites for hydroxylation is 1. The Kier molecular flexibility index (Phi) is 8.71. The summed E-state index contributed by atoms with van der Waals surface area (Å²) in [6.45, 7) is 6.69. The third-order valence-electron chi connectivity index (χ3n) is 5.08. The van der Waals surface area contributed by atoms with E-state index in [2.05, 4.69) is 5.32 Å². The Morgan fingerprint density at radius 1 is 1.03 bits per heavy atom. The predicted molar refractivity (Wildman–Crippen MR) is 131 cm³/mol. The van der Waals surface area contributed by atoms with Crippen molar-refractivity contribution in [2.24, 2.45) is 5.92 Å². The summed E-state index contributed by atoms with van der Waals surface area (Å²) < 4.78 is 19.2. The second kappa shape index (κ2) is 11.7. The SMILES string of the molecule is Cc1ccc(CN(Cc2ccccc2)C(=O)CN(CC(C)C)C(=O)Nc2ccc(F)c(Cl)c2)o1. The van der Waals surface area contributed by atoms with Crippen molar-refractivity contribution in [3.05, 3.63) is 88.6 Å². The van der Waals surface area contributed by atoms with Crippen LogP contribution in [-0.4, -0.2) is 34.8 Å². The van der Waals surface area contributed by atoms with E-state index in [0.717, 1.165) is 11.3 Å². The summed E-state index contributed by atoms with van der Waals surface area (Å²) in [4.78, 5) is 29.5. The molecular weight excluding hydrogens is 457 g/mol. The number of carbonyl (C=O) groups excluding carboxylic acids is 2. The Bertz CT molecular complexity index is 1120. The van der Waals surface area contributed by atoms with Gasteiger partial charge in [0.15, 0.2) is 0 Å². The zero-order valence-electron chi connectivity index (χ0n) is 19.6. The van der Waals surface area contributed by atoms with Crippen LogP contribution >= 0.6 is 11.6 Å². The molecule has 0 aliphatic carbocycles. The molecule has 0 atom stereocenters. The molecule has 3 amide bonds. The van der Waals surface area contributed by atoms with Gasteiger partial charge < -0.3 is 19.5 Å². The van der Waals surface area contributed by atoms with Crippen molar-refractivity contribution >= 4 is 29.2 Å². The lowest BCUT2D eigenvalue weighted by Crippen LogP contribution is -2.45. The number of hydrogen-bond donors (Lipinski definition) is 1. The molecule has 1 N–H and O–H groups in total. The van der Waals surface area contributed by atoms with Gasteiger partial charge in [-0.05, 0) is 48.7 Å². The number of rotatable bonds is 9. The number of carbonyl (C=O) groups is 2. The first-order valence-electron chi connectivity index (χ1n) is 11.1. The number of furan rings is 1. The topological polar surface area (TPSA) is 65.8 Å². The van der Waals surface area contributed by atoms with Crippen LogP contribution in [0, 0.1) is 18.7 Å². The number of urea groups is 1. The molecule has 0 unspecified atom stereocenters. The van der Waals surface area contributed by atoms with Gasteiger partial charge >= 0.3 is 6.03 Å². The highest BCUT2D eigenvalue weighted by Crippen LogP contribution is 2.20. The molecular formula is C26H29ClFN3O3. The number of nitrogens with zero attached hydrogens (tertiary/aromatic N) is 2. The molecule has 3 rings (SSSR count). The molecule has 0 spiro atoms. The van der Waals surface area contributed by atoms with Crippen LogP contribution in [0.3, 0.4) is 0 Å². The van der Waals surface area contributed by atoms with Gasteiger partial charge in [0.2, 0.25) is 5.91 Å². The van der Waals surface area contributed by atoms with Crippen LogP contribution in [0.4, 0.5) is 14.9 Å². The van der Waals surface area contributed by atoms with E-state index in [-0.39, 0.29) is 29.9 Å². The van der Waals surface area contributed by atoms with Gasteiger partial charge in [-0.1, -0.05) is 55.8 Å². The van der Waals surface area contributed by atoms with Crippen molar-refractivity contribution < 1.29 is 18.4 Å². The number of anilines is 1. The third kappa shape index (κ3) is 7.35. The molecule has 34 heavy (non-hydrogen) atoms. The Labute approximate surface area is 204 Å². The number of halogens is 2. The molecule has 0 bridgehead atoms. The Hall–Kier alpha value is -3.32. The van der Waals surface area contributed by atoms with E-state index in [1.54, 1.807) is 4.90 Å². The standard InChI is InChI=1S/C26H29ClFN3O3/c1-18(2)14-31(26(33)29-21-10-12-24(28)23(27)13-21)17-25(32)30(15-20-7-5-4-6-8-20)16-22-11-9-19(3)34-22/h4-13,18H,14-17H2,1-3H3,(H,29,33). The monoisotopic (exact) mass is 485 g/mol. The first-order valence-corrected chi connectivity index (χ1v) is 11.5. The zero-order valence-corrected chi connectivity index (χ0v) is 20.3. The van der Waals surface area contributed by atoms with Crippen LogP contribution < -0.4 is 5.32 Å². The minimum absolute atomic E-state index is 0.0907. The van der Waals surface area contributed by atoms with Crippen molar-refractivity contribution in [1.29, 1.82) is 0 Å². The van der Waals surface area contributed by atoms with Crippen molar-refractivity contribution in [2.75, 3.05) is 18.4 Å². The Morgan fingerprint density at radius 2 is 1.76 bits per heavy atom. The smallest absolute Gasteiger partial charge is 0.322 e. The zero-order chi connectivity index (χ0) is 24.7. The molecule has 6 nitrogen and oxygen atoms in total. The average molecular weight is 486 g/mol. The maximum Gasteiger partial charge on any atom is 0.322 e. The molecule has 0 radical (unpaired) electrons. The van der Waals surface area contributed by atoms with Gasteiger partial charge in [0.25, 0.3) is 0 Å². The normalized spacial score (nSPS) is 10.9. The van der Waals surface area contributed by atoms with Gasteiger partial charge in [-0.25, -0.2) is 9.18 Å². The molecule has 0 saturated heterocycles. The van der Waals surface area contributed by atoms with Crippen LogP contribution in [-0.2, 0) is 17.9 Å². The van der Waals surface area contributed by atoms with E-state index in [9.17, 15) is 14.0 Å². The van der Waals surface area contributed by atoms with E-state index in [1.165, 1.54) is 23.1 Å². The molecule has 3 aromatic rings. The highest BCUT2D eigenvalue weighted by molar-refractivity contribution is 6.31. The van der Waals surface area contributed by atoms with E-state index in [0.29, 0.717) is 24.5 Å². The van der Waals surface area contributed by atoms with E-state index < -0.39 is 11.8 Å². The summed E-state index contributed by atoms with van der Waals surface area (Å²) in [5, 5.41) is 2.62. The third-order valence-corrected chi connectivity index (χ3v) is 5.37. The molecule has 0 saturated carbocycles. The van der Waals surface area contributed by atoms with E-state index >= 15 is 0 Å². The summed E-state index contributed by atoms with van der Waals surface area (Å²) in [6, 6.07) is 16.8. The van der Waals surface area contributed by atoms with Gasteiger partial charge in [-0.2, -0.15) is 0 Å². The lowest BCUT2D eigenvalue weighted by atomic mass is 10.2. The van der Waals surface area contributed by atoms with Gasteiger partial charge in [0, 0.05) is 18.8 Å². The van der Waals surface area contributed by atoms with Gasteiger partial charge in [-0.15, -0.1) is 0 Å². The molecule has 1 aromatic heterocycles. The fraction of sp³-hybridized carbons (Fsp3) is 0.308. The summed E-state index contributed by atoms with van der Waals surface area (Å²) in [5.74, 6) is 0.776. The summed E-state index contributed by atoms with van der Waals surface area (Å²) in [7, 11) is 0. The van der Waals surface area contributed by atoms with Crippen molar-refractivity contribution in [3.8, 4) is 0 Å². The molecule has 0 aliphatic heterocycles. The quantitative estimate of drug-likeness (QED) is 0.398. The molecule has 2 aromatic carbocycles. The van der Waals surface area contributed by atoms with Crippen LogP contribution in [0.2, 0.25) is 5.02 Å². The number of benzene rings is 2. The van der Waals surface area contributed by atoms with Crippen molar-refractivity contribution in [3.63, 3.8) is 0 Å². The highest BCUT2D eigenvalue weighted by Gasteiger charge is 2.23. The molecule has 0 aliphatic rings. The summed E-state index contributed by atoms with van der Waals surface area (Å²) in [5.41, 5.74) is 1.32. The number of amides is 3. The first-order chi connectivity index (χ1) is 16.2. The first kappa shape index (κ1) is 25.3. The second-order valence-corrected chi connectivity index (χ2v) is 8.99. The average Bonchev–Trinajstić information content (AvgIpc) is 3.20. The van der Waals surface area contributed by atoms with E-state index in [1.807, 2.05) is 63.2 Å². The highest BCUT2D eigenvalue weighted by atomic mass is 35.5. The predicted octanol–water partition coefficient (Wildman–Crippen LogP) is 6.10. The lowest BCUT2D eigenvalue weighted by molar-refractivity contribution is -0.133. The van der Waals surface area contributed by atoms with Gasteiger partial charge in [-0.3, -0.25) is 4.79 Å². The second-order valence-electron chi connectivity index (χ2n) is 8.58. The fourth-order valence-electron chi connectivity index (χ4n) is 3.49. The van der Waals surface area contributed by atoms with Crippen LogP contribution in [0.15, 0.2) is 65.1 Å². The minimum atomic E-state index is -0.571. The Balaban J connectivity index is 1.77. The minimum Gasteiger partial charge on any atom is -0.464 e.